The van der Waals surface area contributed by atoms with Crippen LogP contribution >= 0.6 is 0 Å². The molecule has 1 saturated carbocycles. The van der Waals surface area contributed by atoms with Crippen LogP contribution in [0.25, 0.3) is 0 Å². The number of fused-ring (bicyclic) bond motifs is 1. The average Bonchev–Trinajstić information content (AvgIpc) is 3.24. The summed E-state index contributed by atoms with van der Waals surface area (Å²) in [5.41, 5.74) is 4.28. The third kappa shape index (κ3) is 7.04. The molecule has 2 aliphatic rings. The number of allylic oxidation sites excluding steroid dienone is 2. The molecule has 0 unspecified atom stereocenters. The number of aliphatic hydroxyl groups excluding tert-OH is 1. The molecule has 178 valence electrons. The molecule has 4 atom stereocenters. The van der Waals surface area contributed by atoms with Crippen LogP contribution in [0.4, 0.5) is 0 Å². The predicted molar refractivity (Wildman–Crippen MR) is 137 cm³/mol. The first-order valence-corrected chi connectivity index (χ1v) is 12.9. The zero-order chi connectivity index (χ0) is 23.1. The number of nitrogens with zero attached hydrogens (tertiary/aromatic N) is 1. The monoisotopic (exact) mass is 438 g/mol. The Labute approximate surface area is 197 Å². The van der Waals surface area contributed by atoms with Crippen molar-refractivity contribution in [2.45, 2.75) is 84.9 Å². The number of aryl methyl sites for hydroxylation is 2. The number of hydrogen-bond donors (Lipinski definition) is 2. The summed E-state index contributed by atoms with van der Waals surface area (Å²) in [6, 6.07) is 10.0. The smallest absolute Gasteiger partial charge is 0.0611 e. The van der Waals surface area contributed by atoms with E-state index in [1.54, 1.807) is 5.57 Å². The van der Waals surface area contributed by atoms with Gasteiger partial charge < -0.3 is 10.4 Å². The van der Waals surface area contributed by atoms with Gasteiger partial charge in [0.05, 0.1) is 6.10 Å². The molecule has 0 heterocycles. The van der Waals surface area contributed by atoms with Gasteiger partial charge in [0.2, 0.25) is 0 Å². The molecule has 1 aromatic carbocycles. The van der Waals surface area contributed by atoms with Crippen LogP contribution in [0.3, 0.4) is 0 Å². The van der Waals surface area contributed by atoms with Gasteiger partial charge in [0.25, 0.3) is 0 Å². The van der Waals surface area contributed by atoms with Crippen molar-refractivity contribution < 1.29 is 5.11 Å². The van der Waals surface area contributed by atoms with E-state index < -0.39 is 0 Å². The van der Waals surface area contributed by atoms with E-state index in [0.29, 0.717) is 29.8 Å². The van der Waals surface area contributed by atoms with E-state index in [9.17, 15) is 5.11 Å². The van der Waals surface area contributed by atoms with Crippen LogP contribution in [-0.4, -0.2) is 47.8 Å². The normalized spacial score (nSPS) is 25.5. The number of benzene rings is 1. The second-order valence-corrected chi connectivity index (χ2v) is 10.6. The molecule has 3 nitrogen and oxygen atoms in total. The second-order valence-electron chi connectivity index (χ2n) is 10.6. The van der Waals surface area contributed by atoms with Gasteiger partial charge in [-0.25, -0.2) is 0 Å². The third-order valence-electron chi connectivity index (χ3n) is 7.44. The fourth-order valence-electron chi connectivity index (χ4n) is 5.86. The Morgan fingerprint density at radius 2 is 1.97 bits per heavy atom. The maximum atomic E-state index is 10.6. The molecule has 3 heteroatoms. The summed E-state index contributed by atoms with van der Waals surface area (Å²) >= 11 is 0. The van der Waals surface area contributed by atoms with Gasteiger partial charge in [-0.3, -0.25) is 4.90 Å². The lowest BCUT2D eigenvalue weighted by molar-refractivity contribution is 0.141. The Bertz CT molecular complexity index is 758. The third-order valence-corrected chi connectivity index (χ3v) is 7.44. The molecular weight excluding hydrogens is 392 g/mol. The van der Waals surface area contributed by atoms with E-state index in [1.165, 1.54) is 17.5 Å². The van der Waals surface area contributed by atoms with Crippen molar-refractivity contribution in [2.24, 2.45) is 17.8 Å². The van der Waals surface area contributed by atoms with E-state index in [-0.39, 0.29) is 6.10 Å². The van der Waals surface area contributed by atoms with Gasteiger partial charge >= 0.3 is 0 Å². The molecule has 2 aliphatic carbocycles. The Morgan fingerprint density at radius 1 is 1.19 bits per heavy atom. The topological polar surface area (TPSA) is 35.5 Å². The quantitative estimate of drug-likeness (QED) is 0.333. The van der Waals surface area contributed by atoms with Gasteiger partial charge in [-0.2, -0.15) is 0 Å². The Hall–Kier alpha value is -1.42. The molecular formula is C29H46N2O. The lowest BCUT2D eigenvalue weighted by Crippen LogP contribution is -2.38. The van der Waals surface area contributed by atoms with Crippen molar-refractivity contribution in [3.63, 3.8) is 0 Å². The fourth-order valence-corrected chi connectivity index (χ4v) is 5.86. The minimum Gasteiger partial charge on any atom is -0.392 e. The summed E-state index contributed by atoms with van der Waals surface area (Å²) in [6.07, 6.45) is 12.3. The van der Waals surface area contributed by atoms with E-state index in [2.05, 4.69) is 87.3 Å². The van der Waals surface area contributed by atoms with Gasteiger partial charge in [-0.15, -0.1) is 0 Å². The lowest BCUT2D eigenvalue weighted by Gasteiger charge is -2.30. The van der Waals surface area contributed by atoms with Crippen LogP contribution < -0.4 is 5.32 Å². The molecule has 1 aromatic rings. The van der Waals surface area contributed by atoms with Gasteiger partial charge in [-0.05, 0) is 97.2 Å². The highest BCUT2D eigenvalue weighted by Gasteiger charge is 2.43. The van der Waals surface area contributed by atoms with Crippen LogP contribution in [0, 0.1) is 24.7 Å². The molecule has 1 fully saturated rings. The highest BCUT2D eigenvalue weighted by molar-refractivity contribution is 5.23. The standard InChI is InChI=1S/C29H46N2O/c1-21(2)31(22(3)4)15-9-14-30-20-25-17-26-19-29(32)27(28(26)18-25)13-7-6-11-24-12-8-10-23(5)16-24/h7-8,10,12-13,16-17,21-22,26-30,32H,6,9,11,14-15,18-20H2,1-5H3/t26-,27+,28-,29+/m0/s1. The maximum absolute atomic E-state index is 10.6. The van der Waals surface area contributed by atoms with Gasteiger partial charge in [0.15, 0.2) is 0 Å². The number of rotatable bonds is 12. The minimum absolute atomic E-state index is 0.177. The number of aliphatic hydroxyl groups is 1. The van der Waals surface area contributed by atoms with Gasteiger partial charge in [0.1, 0.15) is 0 Å². The highest BCUT2D eigenvalue weighted by atomic mass is 16.3. The Balaban J connectivity index is 1.39. The molecule has 0 bridgehead atoms. The molecule has 0 aliphatic heterocycles. The molecule has 0 saturated heterocycles. The molecule has 0 amide bonds. The lowest BCUT2D eigenvalue weighted by atomic mass is 9.89. The van der Waals surface area contributed by atoms with E-state index in [4.69, 9.17) is 0 Å². The Morgan fingerprint density at radius 3 is 2.69 bits per heavy atom. The molecule has 3 rings (SSSR count). The van der Waals surface area contributed by atoms with Crippen molar-refractivity contribution in [1.29, 1.82) is 0 Å². The van der Waals surface area contributed by atoms with Crippen LogP contribution in [0.5, 0.6) is 0 Å². The van der Waals surface area contributed by atoms with Crippen LogP contribution in [0.1, 0.15) is 64.5 Å². The summed E-state index contributed by atoms with van der Waals surface area (Å²) in [6.45, 7) is 14.6. The first kappa shape index (κ1) is 25.2. The van der Waals surface area contributed by atoms with Crippen LogP contribution in [0.2, 0.25) is 0 Å². The minimum atomic E-state index is -0.177. The van der Waals surface area contributed by atoms with E-state index >= 15 is 0 Å². The predicted octanol–water partition coefficient (Wildman–Crippen LogP) is 5.53. The molecule has 0 spiro atoms. The van der Waals surface area contributed by atoms with Crippen molar-refractivity contribution in [1.82, 2.24) is 10.2 Å². The molecule has 0 aromatic heterocycles. The molecule has 0 radical (unpaired) electrons. The number of nitrogens with one attached hydrogen (secondary N) is 1. The maximum Gasteiger partial charge on any atom is 0.0611 e. The first-order chi connectivity index (χ1) is 15.3. The fraction of sp³-hybridized carbons (Fsp3) is 0.655. The second kappa shape index (κ2) is 12.2. The van der Waals surface area contributed by atoms with Gasteiger partial charge in [0, 0.05) is 24.5 Å². The van der Waals surface area contributed by atoms with Crippen molar-refractivity contribution >= 4 is 0 Å². The molecule has 2 N–H and O–H groups in total. The van der Waals surface area contributed by atoms with E-state index in [1.807, 2.05) is 0 Å². The zero-order valence-electron chi connectivity index (χ0n) is 21.1. The number of hydrogen-bond acceptors (Lipinski definition) is 3. The summed E-state index contributed by atoms with van der Waals surface area (Å²) in [4.78, 5) is 2.57. The summed E-state index contributed by atoms with van der Waals surface area (Å²) < 4.78 is 0. The summed E-state index contributed by atoms with van der Waals surface area (Å²) in [5.74, 6) is 1.47. The van der Waals surface area contributed by atoms with Crippen molar-refractivity contribution in [2.75, 3.05) is 19.6 Å². The highest BCUT2D eigenvalue weighted by Crippen LogP contribution is 2.47. The van der Waals surface area contributed by atoms with E-state index in [0.717, 1.165) is 45.3 Å². The van der Waals surface area contributed by atoms with Crippen LogP contribution in [-0.2, 0) is 6.42 Å². The summed E-state index contributed by atoms with van der Waals surface area (Å²) in [5, 5.41) is 14.3. The van der Waals surface area contributed by atoms with Crippen molar-refractivity contribution in [3.8, 4) is 0 Å². The van der Waals surface area contributed by atoms with Crippen molar-refractivity contribution in [3.05, 3.63) is 59.2 Å². The largest absolute Gasteiger partial charge is 0.392 e. The summed E-state index contributed by atoms with van der Waals surface area (Å²) in [7, 11) is 0. The zero-order valence-corrected chi connectivity index (χ0v) is 21.1. The average molecular weight is 439 g/mol. The Kier molecular flexibility index (Phi) is 9.58. The van der Waals surface area contributed by atoms with Gasteiger partial charge in [-0.1, -0.05) is 53.6 Å². The first-order valence-electron chi connectivity index (χ1n) is 12.9. The SMILES string of the molecule is Cc1cccc(CCC=C[C@@H]2[C@H]3CC(CNCCCN(C(C)C)C(C)C)=C[C@H]3C[C@H]2O)c1. The van der Waals surface area contributed by atoms with Crippen LogP contribution in [0.15, 0.2) is 48.1 Å². The molecule has 32 heavy (non-hydrogen) atoms.